The summed E-state index contributed by atoms with van der Waals surface area (Å²) < 4.78 is 85.3. The molecule has 2 amide bonds. The molecule has 0 radical (unpaired) electrons. The largest absolute Gasteiger partial charge is 0.416 e. The van der Waals surface area contributed by atoms with E-state index in [9.17, 15) is 35.9 Å². The molecule has 0 saturated carbocycles. The van der Waals surface area contributed by atoms with Gasteiger partial charge in [-0.25, -0.2) is 4.90 Å². The Labute approximate surface area is 328 Å². The van der Waals surface area contributed by atoms with Crippen LogP contribution in [0.1, 0.15) is 43.0 Å². The third-order valence-electron chi connectivity index (χ3n) is 10.6. The van der Waals surface area contributed by atoms with E-state index in [-0.39, 0.29) is 11.1 Å². The van der Waals surface area contributed by atoms with Crippen LogP contribution in [0, 0.1) is 13.8 Å². The van der Waals surface area contributed by atoms with Crippen LogP contribution < -0.4 is 4.90 Å². The Balaban J connectivity index is 1.23. The molecule has 58 heavy (non-hydrogen) atoms. The van der Waals surface area contributed by atoms with Crippen molar-refractivity contribution in [3.05, 3.63) is 179 Å². The number of imide groups is 1. The molecule has 2 heterocycles. The number of anilines is 1. The first-order valence-corrected chi connectivity index (χ1v) is 18.3. The average molecular weight is 781 g/mol. The van der Waals surface area contributed by atoms with Crippen LogP contribution in [-0.4, -0.2) is 16.4 Å². The van der Waals surface area contributed by atoms with Crippen LogP contribution >= 0.6 is 0 Å². The number of hydrogen-bond donors (Lipinski definition) is 0. The predicted molar refractivity (Wildman–Crippen MR) is 214 cm³/mol. The SMILES string of the molecule is Cc1cc(-c2ccc3c(c2)c2cc(-c4cc(C)cc(C(F)(F)F)c4)ccc2n3-c2cccc3c2C(=O)N(c2ccc(-c4ccccc4)cc2)C3=O)cc(C(F)(F)F)c1. The van der Waals surface area contributed by atoms with Gasteiger partial charge in [0.25, 0.3) is 11.8 Å². The van der Waals surface area contributed by atoms with Crippen LogP contribution in [0.5, 0.6) is 0 Å². The van der Waals surface area contributed by atoms with Crippen molar-refractivity contribution in [2.75, 3.05) is 4.90 Å². The summed E-state index contributed by atoms with van der Waals surface area (Å²) in [5, 5.41) is 1.16. The van der Waals surface area contributed by atoms with E-state index in [2.05, 4.69) is 0 Å². The number of rotatable bonds is 5. The highest BCUT2D eigenvalue weighted by atomic mass is 19.4. The zero-order chi connectivity index (χ0) is 40.7. The molecule has 0 spiro atoms. The first-order valence-electron chi connectivity index (χ1n) is 18.3. The molecule has 0 unspecified atom stereocenters. The number of aryl methyl sites for hydroxylation is 2. The molecule has 1 aliphatic heterocycles. The Morgan fingerprint density at radius 3 is 1.47 bits per heavy atom. The Morgan fingerprint density at radius 1 is 0.448 bits per heavy atom. The quantitative estimate of drug-likeness (QED) is 0.129. The van der Waals surface area contributed by atoms with Crippen LogP contribution in [0.4, 0.5) is 32.0 Å². The van der Waals surface area contributed by atoms with Gasteiger partial charge in [-0.05, 0) is 131 Å². The third-order valence-corrected chi connectivity index (χ3v) is 10.6. The van der Waals surface area contributed by atoms with Crippen molar-refractivity contribution in [2.24, 2.45) is 0 Å². The number of benzene rings is 7. The molecular weight excluding hydrogens is 751 g/mol. The van der Waals surface area contributed by atoms with E-state index >= 15 is 0 Å². The molecule has 0 N–H and O–H groups in total. The first kappa shape index (κ1) is 36.7. The minimum absolute atomic E-state index is 0.161. The fourth-order valence-electron chi connectivity index (χ4n) is 7.99. The molecule has 7 aromatic carbocycles. The summed E-state index contributed by atoms with van der Waals surface area (Å²) in [4.78, 5) is 29.6. The predicted octanol–water partition coefficient (Wildman–Crippen LogP) is 13.2. The highest BCUT2D eigenvalue weighted by molar-refractivity contribution is 6.35. The van der Waals surface area contributed by atoms with E-state index < -0.39 is 35.3 Å². The fraction of sp³-hybridized carbons (Fsp3) is 0.0833. The Morgan fingerprint density at radius 2 is 0.948 bits per heavy atom. The lowest BCUT2D eigenvalue weighted by atomic mass is 9.96. The van der Waals surface area contributed by atoms with E-state index in [1.54, 1.807) is 92.7 Å². The molecule has 9 rings (SSSR count). The van der Waals surface area contributed by atoms with Crippen molar-refractivity contribution >= 4 is 39.3 Å². The van der Waals surface area contributed by atoms with Crippen molar-refractivity contribution in [2.45, 2.75) is 26.2 Å². The second-order valence-electron chi connectivity index (χ2n) is 14.5. The van der Waals surface area contributed by atoms with E-state index in [4.69, 9.17) is 0 Å². The van der Waals surface area contributed by atoms with Crippen molar-refractivity contribution in [1.29, 1.82) is 0 Å². The fourth-order valence-corrected chi connectivity index (χ4v) is 7.99. The van der Waals surface area contributed by atoms with Gasteiger partial charge in [0.2, 0.25) is 0 Å². The van der Waals surface area contributed by atoms with E-state index in [1.807, 2.05) is 47.0 Å². The molecule has 1 aliphatic rings. The normalized spacial score (nSPS) is 13.2. The zero-order valence-corrected chi connectivity index (χ0v) is 30.8. The summed E-state index contributed by atoms with van der Waals surface area (Å²) in [7, 11) is 0. The molecule has 0 atom stereocenters. The second kappa shape index (κ2) is 13.3. The molecule has 8 aromatic rings. The number of hydrogen-bond acceptors (Lipinski definition) is 2. The van der Waals surface area contributed by atoms with Gasteiger partial charge in [-0.15, -0.1) is 0 Å². The number of alkyl halides is 6. The summed E-state index contributed by atoms with van der Waals surface area (Å²) in [6.45, 7) is 3.17. The maximum atomic E-state index is 14.4. The number of fused-ring (bicyclic) bond motifs is 4. The van der Waals surface area contributed by atoms with Crippen LogP contribution in [0.15, 0.2) is 146 Å². The van der Waals surface area contributed by atoms with Crippen LogP contribution in [0.2, 0.25) is 0 Å². The molecule has 0 fully saturated rings. The minimum Gasteiger partial charge on any atom is -0.308 e. The van der Waals surface area contributed by atoms with E-state index in [1.165, 1.54) is 0 Å². The molecule has 0 aliphatic carbocycles. The molecule has 10 heteroatoms. The van der Waals surface area contributed by atoms with Crippen LogP contribution in [-0.2, 0) is 12.4 Å². The topological polar surface area (TPSA) is 42.3 Å². The van der Waals surface area contributed by atoms with Gasteiger partial charge < -0.3 is 4.57 Å². The summed E-state index contributed by atoms with van der Waals surface area (Å²) in [6, 6.07) is 39.8. The number of carbonyl (C=O) groups is 2. The van der Waals surface area contributed by atoms with Crippen LogP contribution in [0.3, 0.4) is 0 Å². The van der Waals surface area contributed by atoms with Crippen molar-refractivity contribution in [3.63, 3.8) is 0 Å². The summed E-state index contributed by atoms with van der Waals surface area (Å²) in [5.41, 5.74) is 5.01. The molecular formula is C48H30F6N2O2. The zero-order valence-electron chi connectivity index (χ0n) is 30.8. The average Bonchev–Trinajstić information content (AvgIpc) is 3.66. The Kier molecular flexibility index (Phi) is 8.43. The monoisotopic (exact) mass is 780 g/mol. The number of amides is 2. The minimum atomic E-state index is -4.58. The second-order valence-corrected chi connectivity index (χ2v) is 14.5. The van der Waals surface area contributed by atoms with Gasteiger partial charge in [0.1, 0.15) is 0 Å². The van der Waals surface area contributed by atoms with Gasteiger partial charge in [0, 0.05) is 10.8 Å². The van der Waals surface area contributed by atoms with Gasteiger partial charge >= 0.3 is 12.4 Å². The lowest BCUT2D eigenvalue weighted by molar-refractivity contribution is -0.138. The molecule has 1 aromatic heterocycles. The van der Waals surface area contributed by atoms with Gasteiger partial charge in [0.15, 0.2) is 0 Å². The highest BCUT2D eigenvalue weighted by Gasteiger charge is 2.39. The molecule has 0 saturated heterocycles. The maximum Gasteiger partial charge on any atom is 0.416 e. The summed E-state index contributed by atoms with van der Waals surface area (Å²) >= 11 is 0. The summed E-state index contributed by atoms with van der Waals surface area (Å²) in [5.74, 6) is -1.04. The van der Waals surface area contributed by atoms with Gasteiger partial charge in [0.05, 0.1) is 44.7 Å². The molecule has 4 nitrogen and oxygen atoms in total. The Bertz CT molecular complexity index is 2860. The van der Waals surface area contributed by atoms with E-state index in [0.29, 0.717) is 66.6 Å². The first-order chi connectivity index (χ1) is 27.7. The lowest BCUT2D eigenvalue weighted by Crippen LogP contribution is -2.29. The van der Waals surface area contributed by atoms with E-state index in [0.717, 1.165) is 40.3 Å². The third kappa shape index (κ3) is 6.21. The Hall–Kier alpha value is -6.94. The number of nitrogens with zero attached hydrogens (tertiary/aromatic N) is 2. The van der Waals surface area contributed by atoms with Crippen molar-refractivity contribution < 1.29 is 35.9 Å². The highest BCUT2D eigenvalue weighted by Crippen LogP contribution is 2.42. The van der Waals surface area contributed by atoms with Gasteiger partial charge in [-0.2, -0.15) is 26.3 Å². The molecule has 0 bridgehead atoms. The molecule has 286 valence electrons. The van der Waals surface area contributed by atoms with Crippen molar-refractivity contribution in [3.8, 4) is 39.1 Å². The standard InChI is InChI=1S/C48H30F6N2O2/c1-27-19-33(23-35(21-27)47(49,50)51)31-13-17-41-39(25-31)40-26-32(34-20-28(2)22-36(24-34)48(52,53)54)14-18-42(40)56(41)43-10-6-9-38-44(43)46(58)55(45(38)57)37-15-11-30(12-16-37)29-7-4-3-5-8-29/h3-26H,1-2H3. The lowest BCUT2D eigenvalue weighted by Gasteiger charge is -2.15. The number of halogens is 6. The van der Waals surface area contributed by atoms with Crippen LogP contribution in [0.25, 0.3) is 60.9 Å². The number of carbonyl (C=O) groups excluding carboxylic acids is 2. The number of aromatic nitrogens is 1. The summed E-state index contributed by atoms with van der Waals surface area (Å²) in [6.07, 6.45) is -9.15. The van der Waals surface area contributed by atoms with Gasteiger partial charge in [-0.1, -0.05) is 72.8 Å². The van der Waals surface area contributed by atoms with Crippen molar-refractivity contribution in [1.82, 2.24) is 4.57 Å². The van der Waals surface area contributed by atoms with Gasteiger partial charge in [-0.3, -0.25) is 9.59 Å². The smallest absolute Gasteiger partial charge is 0.308 e. The maximum absolute atomic E-state index is 14.4.